The Bertz CT molecular complexity index is 1090. The standard InChI is InChI=1S/C23H26Cl2N4OS/c1-14-7-6-8-16(11-14)13-31-22-28-27-20(15(2)26-21(30)23(3,4)5)29(22)19-10-9-17(24)12-18(19)25/h6-12,15H,13H2,1-5H3,(H,26,30). The smallest absolute Gasteiger partial charge is 0.225 e. The maximum atomic E-state index is 12.5. The van der Waals surface area contributed by atoms with Gasteiger partial charge in [-0.1, -0.05) is 85.6 Å². The molecular weight excluding hydrogens is 451 g/mol. The predicted molar refractivity (Wildman–Crippen MR) is 128 cm³/mol. The van der Waals surface area contributed by atoms with Crippen molar-refractivity contribution in [1.82, 2.24) is 20.1 Å². The van der Waals surface area contributed by atoms with E-state index in [1.807, 2.05) is 44.4 Å². The fourth-order valence-electron chi connectivity index (χ4n) is 2.97. The van der Waals surface area contributed by atoms with Crippen LogP contribution >= 0.6 is 35.0 Å². The molecule has 8 heteroatoms. The van der Waals surface area contributed by atoms with Crippen LogP contribution in [0.4, 0.5) is 0 Å². The maximum Gasteiger partial charge on any atom is 0.225 e. The van der Waals surface area contributed by atoms with Gasteiger partial charge >= 0.3 is 0 Å². The molecule has 164 valence electrons. The predicted octanol–water partition coefficient (Wildman–Crippen LogP) is 6.40. The zero-order valence-corrected chi connectivity index (χ0v) is 20.6. The van der Waals surface area contributed by atoms with Gasteiger partial charge in [0.2, 0.25) is 5.91 Å². The molecule has 3 aromatic rings. The first-order valence-electron chi connectivity index (χ1n) is 9.96. The number of nitrogens with zero attached hydrogens (tertiary/aromatic N) is 3. The van der Waals surface area contributed by atoms with Crippen LogP contribution in [0.3, 0.4) is 0 Å². The second kappa shape index (κ2) is 9.63. The Labute approximate surface area is 197 Å². The Morgan fingerprint density at radius 1 is 1.16 bits per heavy atom. The highest BCUT2D eigenvalue weighted by Crippen LogP contribution is 2.32. The van der Waals surface area contributed by atoms with Gasteiger partial charge in [-0.05, 0) is 37.6 Å². The Hall–Kier alpha value is -2.02. The summed E-state index contributed by atoms with van der Waals surface area (Å²) >= 11 is 14.2. The van der Waals surface area contributed by atoms with Gasteiger partial charge in [0.1, 0.15) is 0 Å². The van der Waals surface area contributed by atoms with Crippen LogP contribution in [0, 0.1) is 12.3 Å². The number of benzene rings is 2. The van der Waals surface area contributed by atoms with Crippen LogP contribution < -0.4 is 5.32 Å². The van der Waals surface area contributed by atoms with Crippen molar-refractivity contribution in [2.45, 2.75) is 51.6 Å². The molecule has 0 saturated heterocycles. The van der Waals surface area contributed by atoms with E-state index in [1.54, 1.807) is 23.9 Å². The summed E-state index contributed by atoms with van der Waals surface area (Å²) < 4.78 is 1.90. The maximum absolute atomic E-state index is 12.5. The van der Waals surface area contributed by atoms with Gasteiger partial charge in [-0.2, -0.15) is 0 Å². The monoisotopic (exact) mass is 476 g/mol. The lowest BCUT2D eigenvalue weighted by Gasteiger charge is -2.22. The number of carbonyl (C=O) groups is 1. The Balaban J connectivity index is 1.98. The lowest BCUT2D eigenvalue weighted by Crippen LogP contribution is -2.37. The van der Waals surface area contributed by atoms with E-state index in [-0.39, 0.29) is 11.9 Å². The SMILES string of the molecule is Cc1cccc(CSc2nnc(C(C)NC(=O)C(C)(C)C)n2-c2ccc(Cl)cc2Cl)c1. The lowest BCUT2D eigenvalue weighted by atomic mass is 9.95. The molecule has 1 N–H and O–H groups in total. The summed E-state index contributed by atoms with van der Waals surface area (Å²) in [6.45, 7) is 9.59. The molecule has 3 rings (SSSR count). The molecule has 1 amide bonds. The minimum atomic E-state index is -0.514. The molecule has 0 fully saturated rings. The summed E-state index contributed by atoms with van der Waals surface area (Å²) in [7, 11) is 0. The molecule has 0 spiro atoms. The van der Waals surface area contributed by atoms with Crippen molar-refractivity contribution >= 4 is 40.9 Å². The number of rotatable bonds is 6. The van der Waals surface area contributed by atoms with Gasteiger partial charge in [0.05, 0.1) is 16.8 Å². The average molecular weight is 477 g/mol. The first kappa shape index (κ1) is 23.6. The summed E-state index contributed by atoms with van der Waals surface area (Å²) in [5.41, 5.74) is 2.60. The molecule has 2 aromatic carbocycles. The van der Waals surface area contributed by atoms with Gasteiger partial charge in [-0.3, -0.25) is 9.36 Å². The van der Waals surface area contributed by atoms with E-state index < -0.39 is 5.41 Å². The van der Waals surface area contributed by atoms with E-state index in [9.17, 15) is 4.79 Å². The molecule has 1 heterocycles. The van der Waals surface area contributed by atoms with E-state index in [0.29, 0.717) is 21.0 Å². The Morgan fingerprint density at radius 2 is 1.90 bits per heavy atom. The van der Waals surface area contributed by atoms with Crippen LogP contribution in [0.5, 0.6) is 0 Å². The second-order valence-electron chi connectivity index (χ2n) is 8.49. The third kappa shape index (κ3) is 5.82. The lowest BCUT2D eigenvalue weighted by molar-refractivity contribution is -0.129. The molecule has 1 atom stereocenters. The van der Waals surface area contributed by atoms with Crippen molar-refractivity contribution in [3.05, 3.63) is 69.5 Å². The largest absolute Gasteiger partial charge is 0.346 e. The zero-order valence-electron chi connectivity index (χ0n) is 18.2. The van der Waals surface area contributed by atoms with Gasteiger partial charge in [-0.25, -0.2) is 0 Å². The average Bonchev–Trinajstić information content (AvgIpc) is 3.09. The number of hydrogen-bond acceptors (Lipinski definition) is 4. The number of halogens is 2. The molecule has 0 aliphatic rings. The van der Waals surface area contributed by atoms with E-state index in [1.165, 1.54) is 11.1 Å². The zero-order chi connectivity index (χ0) is 22.8. The number of aromatic nitrogens is 3. The fourth-order valence-corrected chi connectivity index (χ4v) is 4.36. The molecular formula is C23H26Cl2N4OS. The number of aryl methyl sites for hydroxylation is 1. The highest BCUT2D eigenvalue weighted by molar-refractivity contribution is 7.98. The first-order chi connectivity index (χ1) is 14.6. The third-order valence-electron chi connectivity index (χ3n) is 4.68. The number of amides is 1. The topological polar surface area (TPSA) is 59.8 Å². The molecule has 0 aliphatic carbocycles. The van der Waals surface area contributed by atoms with Gasteiger partial charge in [-0.15, -0.1) is 10.2 Å². The highest BCUT2D eigenvalue weighted by Gasteiger charge is 2.27. The van der Waals surface area contributed by atoms with E-state index >= 15 is 0 Å². The highest BCUT2D eigenvalue weighted by atomic mass is 35.5. The van der Waals surface area contributed by atoms with E-state index in [4.69, 9.17) is 23.2 Å². The van der Waals surface area contributed by atoms with Crippen LogP contribution in [-0.4, -0.2) is 20.7 Å². The third-order valence-corrected chi connectivity index (χ3v) is 6.21. The van der Waals surface area contributed by atoms with Crippen molar-refractivity contribution in [2.75, 3.05) is 0 Å². The summed E-state index contributed by atoms with van der Waals surface area (Å²) in [5.74, 6) is 1.27. The molecule has 5 nitrogen and oxygen atoms in total. The molecule has 0 radical (unpaired) electrons. The summed E-state index contributed by atoms with van der Waals surface area (Å²) in [5, 5.41) is 13.6. The van der Waals surface area contributed by atoms with Gasteiger partial charge in [0.25, 0.3) is 0 Å². The fraction of sp³-hybridized carbons (Fsp3) is 0.348. The van der Waals surface area contributed by atoms with Crippen molar-refractivity contribution in [2.24, 2.45) is 5.41 Å². The Kier molecular flexibility index (Phi) is 7.35. The molecule has 0 aliphatic heterocycles. The summed E-state index contributed by atoms with van der Waals surface area (Å²) in [4.78, 5) is 12.5. The molecule has 0 bridgehead atoms. The number of carbonyl (C=O) groups excluding carboxylic acids is 1. The minimum absolute atomic E-state index is 0.0642. The van der Waals surface area contributed by atoms with Crippen molar-refractivity contribution in [3.8, 4) is 5.69 Å². The van der Waals surface area contributed by atoms with Crippen molar-refractivity contribution in [1.29, 1.82) is 0 Å². The minimum Gasteiger partial charge on any atom is -0.346 e. The summed E-state index contributed by atoms with van der Waals surface area (Å²) in [6.07, 6.45) is 0. The molecule has 31 heavy (non-hydrogen) atoms. The first-order valence-corrected chi connectivity index (χ1v) is 11.7. The quantitative estimate of drug-likeness (QED) is 0.418. The van der Waals surface area contributed by atoms with E-state index in [0.717, 1.165) is 11.4 Å². The number of thioether (sulfide) groups is 1. The van der Waals surface area contributed by atoms with Crippen LogP contribution in [0.25, 0.3) is 5.69 Å². The van der Waals surface area contributed by atoms with Crippen LogP contribution in [0.1, 0.15) is 50.7 Å². The van der Waals surface area contributed by atoms with Crippen LogP contribution in [-0.2, 0) is 10.5 Å². The van der Waals surface area contributed by atoms with Gasteiger partial charge in [0, 0.05) is 16.2 Å². The van der Waals surface area contributed by atoms with Gasteiger partial charge < -0.3 is 5.32 Å². The molecule has 1 unspecified atom stereocenters. The summed E-state index contributed by atoms with van der Waals surface area (Å²) in [6, 6.07) is 13.3. The van der Waals surface area contributed by atoms with Crippen LogP contribution in [0.2, 0.25) is 10.0 Å². The molecule has 1 aromatic heterocycles. The van der Waals surface area contributed by atoms with Crippen molar-refractivity contribution in [3.63, 3.8) is 0 Å². The number of hydrogen-bond donors (Lipinski definition) is 1. The molecule has 0 saturated carbocycles. The van der Waals surface area contributed by atoms with Gasteiger partial charge in [0.15, 0.2) is 11.0 Å². The second-order valence-corrected chi connectivity index (χ2v) is 10.3. The van der Waals surface area contributed by atoms with E-state index in [2.05, 4.69) is 40.6 Å². The Morgan fingerprint density at radius 3 is 2.55 bits per heavy atom. The van der Waals surface area contributed by atoms with Crippen molar-refractivity contribution < 1.29 is 4.79 Å². The number of nitrogens with one attached hydrogen (secondary N) is 1. The van der Waals surface area contributed by atoms with Crippen LogP contribution in [0.15, 0.2) is 47.6 Å². The normalized spacial score (nSPS) is 12.6.